The topological polar surface area (TPSA) is 87.5 Å². The molecule has 1 aromatic rings. The number of nitrogens with one attached hydrogen (secondary N) is 2. The Balaban J connectivity index is 1.28. The van der Waals surface area contributed by atoms with Crippen LogP contribution in [0, 0.1) is 11.2 Å². The van der Waals surface area contributed by atoms with Crippen molar-refractivity contribution in [3.05, 3.63) is 29.6 Å². The van der Waals surface area contributed by atoms with E-state index in [2.05, 4.69) is 22.5 Å². The van der Waals surface area contributed by atoms with Crippen molar-refractivity contribution in [2.45, 2.75) is 76.3 Å². The maximum absolute atomic E-state index is 14.9. The summed E-state index contributed by atoms with van der Waals surface area (Å²) in [5.41, 5.74) is 7.67. The highest BCUT2D eigenvalue weighted by Crippen LogP contribution is 2.49. The summed E-state index contributed by atoms with van der Waals surface area (Å²) >= 11 is 0. The first kappa shape index (κ1) is 22.2. The molecule has 3 fully saturated rings. The van der Waals surface area contributed by atoms with Crippen LogP contribution in [0.5, 0.6) is 0 Å². The van der Waals surface area contributed by atoms with E-state index >= 15 is 0 Å². The molecule has 1 aliphatic carbocycles. The van der Waals surface area contributed by atoms with Crippen molar-refractivity contribution in [2.24, 2.45) is 11.1 Å². The van der Waals surface area contributed by atoms with Crippen molar-refractivity contribution < 1.29 is 14.0 Å². The number of imide groups is 1. The van der Waals surface area contributed by atoms with Crippen LogP contribution in [-0.4, -0.2) is 43.5 Å². The molecule has 2 saturated heterocycles. The molecule has 1 aromatic carbocycles. The molecule has 2 heterocycles. The number of carbonyl (C=O) groups is 2. The Bertz CT molecular complexity index is 814. The van der Waals surface area contributed by atoms with Gasteiger partial charge in [0.25, 0.3) is 0 Å². The molecule has 2 aliphatic heterocycles. The number of hydrogen-bond acceptors (Lipinski definition) is 5. The van der Waals surface area contributed by atoms with E-state index in [1.807, 2.05) is 6.07 Å². The van der Waals surface area contributed by atoms with Gasteiger partial charge in [-0.1, -0.05) is 13.0 Å². The fraction of sp³-hybridized carbons (Fsp3) is 0.667. The van der Waals surface area contributed by atoms with E-state index in [9.17, 15) is 14.0 Å². The van der Waals surface area contributed by atoms with Crippen LogP contribution in [0.4, 0.5) is 10.1 Å². The molecule has 0 radical (unpaired) electrons. The zero-order valence-corrected chi connectivity index (χ0v) is 18.5. The van der Waals surface area contributed by atoms with Gasteiger partial charge >= 0.3 is 0 Å². The Morgan fingerprint density at radius 3 is 2.68 bits per heavy atom. The fourth-order valence-corrected chi connectivity index (χ4v) is 5.45. The average molecular weight is 431 g/mol. The van der Waals surface area contributed by atoms with Gasteiger partial charge in [-0.25, -0.2) is 4.39 Å². The molecule has 1 saturated carbocycles. The first-order valence-electron chi connectivity index (χ1n) is 11.8. The first-order chi connectivity index (χ1) is 14.9. The van der Waals surface area contributed by atoms with Gasteiger partial charge in [0.15, 0.2) is 0 Å². The third-order valence-electron chi connectivity index (χ3n) is 7.61. The van der Waals surface area contributed by atoms with Crippen LogP contribution >= 0.6 is 0 Å². The lowest BCUT2D eigenvalue weighted by atomic mass is 9.60. The van der Waals surface area contributed by atoms with Crippen molar-refractivity contribution in [1.29, 1.82) is 0 Å². The average Bonchev–Trinajstić information content (AvgIpc) is 2.73. The molecule has 2 amide bonds. The number of benzene rings is 1. The van der Waals surface area contributed by atoms with Crippen LogP contribution in [-0.2, 0) is 9.59 Å². The van der Waals surface area contributed by atoms with Gasteiger partial charge in [-0.2, -0.15) is 0 Å². The van der Waals surface area contributed by atoms with Crippen molar-refractivity contribution in [3.8, 4) is 0 Å². The summed E-state index contributed by atoms with van der Waals surface area (Å²) in [4.78, 5) is 25.6. The standard InChI is InChI=1S/C24H35FN4O2/c1-2-17(26)7-10-27-18-14-24(15-18)8-11-29(12-9-24)21-5-3-16(13-20(21)25)19-4-6-22(30)28-23(19)31/h3,5,13,17-19,27H,2,4,6-12,14-15,26H2,1H3,(H,28,30,31). The summed E-state index contributed by atoms with van der Waals surface area (Å²) in [5.74, 6) is -1.30. The highest BCUT2D eigenvalue weighted by molar-refractivity contribution is 6.00. The zero-order chi connectivity index (χ0) is 22.0. The van der Waals surface area contributed by atoms with Crippen molar-refractivity contribution in [2.75, 3.05) is 24.5 Å². The lowest BCUT2D eigenvalue weighted by molar-refractivity contribution is -0.134. The summed E-state index contributed by atoms with van der Waals surface area (Å²) in [6, 6.07) is 6.01. The number of nitrogens with two attached hydrogens (primary N) is 1. The van der Waals surface area contributed by atoms with Gasteiger partial charge in [-0.15, -0.1) is 0 Å². The predicted octanol–water partition coefficient (Wildman–Crippen LogP) is 2.81. The first-order valence-corrected chi connectivity index (χ1v) is 11.8. The Labute approximate surface area is 184 Å². The quantitative estimate of drug-likeness (QED) is 0.579. The highest BCUT2D eigenvalue weighted by atomic mass is 19.1. The lowest BCUT2D eigenvalue weighted by Crippen LogP contribution is -2.54. The maximum atomic E-state index is 14.9. The minimum Gasteiger partial charge on any atom is -0.369 e. The Hall–Kier alpha value is -1.99. The van der Waals surface area contributed by atoms with Crippen LogP contribution in [0.3, 0.4) is 0 Å². The molecule has 0 bridgehead atoms. The lowest BCUT2D eigenvalue weighted by Gasteiger charge is -2.53. The minimum atomic E-state index is -0.447. The number of hydrogen-bond donors (Lipinski definition) is 3. The van der Waals surface area contributed by atoms with E-state index in [-0.39, 0.29) is 17.6 Å². The van der Waals surface area contributed by atoms with Gasteiger partial charge in [0, 0.05) is 31.6 Å². The molecule has 4 rings (SSSR count). The van der Waals surface area contributed by atoms with Gasteiger partial charge in [0.1, 0.15) is 5.82 Å². The zero-order valence-electron chi connectivity index (χ0n) is 18.5. The molecule has 7 heteroatoms. The SMILES string of the molecule is CCC(N)CCNC1CC2(CCN(c3ccc(C4CCC(=O)NC4=O)cc3F)CC2)C1. The second-order valence-electron chi connectivity index (χ2n) is 9.72. The van der Waals surface area contributed by atoms with Crippen LogP contribution in [0.2, 0.25) is 0 Å². The number of anilines is 1. The van der Waals surface area contributed by atoms with E-state index in [0.717, 1.165) is 45.3 Å². The second kappa shape index (κ2) is 9.25. The van der Waals surface area contributed by atoms with Crippen LogP contribution in [0.1, 0.15) is 69.8 Å². The van der Waals surface area contributed by atoms with E-state index in [0.29, 0.717) is 41.6 Å². The smallest absolute Gasteiger partial charge is 0.234 e. The number of rotatable bonds is 7. The van der Waals surface area contributed by atoms with Gasteiger partial charge in [-0.05, 0) is 74.6 Å². The molecule has 2 unspecified atom stereocenters. The van der Waals surface area contributed by atoms with E-state index in [4.69, 9.17) is 5.73 Å². The molecule has 31 heavy (non-hydrogen) atoms. The molecule has 4 N–H and O–H groups in total. The number of piperidine rings is 2. The molecule has 3 aliphatic rings. The van der Waals surface area contributed by atoms with Crippen molar-refractivity contribution in [3.63, 3.8) is 0 Å². The molecule has 1 spiro atoms. The summed E-state index contributed by atoms with van der Waals surface area (Å²) < 4.78 is 14.9. The Kier molecular flexibility index (Phi) is 6.63. The maximum Gasteiger partial charge on any atom is 0.234 e. The van der Waals surface area contributed by atoms with Gasteiger partial charge in [0.2, 0.25) is 11.8 Å². The summed E-state index contributed by atoms with van der Waals surface area (Å²) in [7, 11) is 0. The van der Waals surface area contributed by atoms with Crippen molar-refractivity contribution in [1.82, 2.24) is 10.6 Å². The number of carbonyl (C=O) groups excluding carboxylic acids is 2. The molecular formula is C24H35FN4O2. The monoisotopic (exact) mass is 430 g/mol. The van der Waals surface area contributed by atoms with E-state index in [1.54, 1.807) is 6.07 Å². The van der Waals surface area contributed by atoms with Crippen LogP contribution in [0.15, 0.2) is 18.2 Å². The van der Waals surface area contributed by atoms with E-state index in [1.165, 1.54) is 18.9 Å². The summed E-state index contributed by atoms with van der Waals surface area (Å²) in [5, 5.41) is 5.99. The highest BCUT2D eigenvalue weighted by Gasteiger charge is 2.45. The normalized spacial score (nSPS) is 24.7. The van der Waals surface area contributed by atoms with Crippen LogP contribution < -0.4 is 21.3 Å². The molecule has 0 aromatic heterocycles. The molecule has 6 nitrogen and oxygen atoms in total. The summed E-state index contributed by atoms with van der Waals surface area (Å²) in [6.45, 7) is 4.85. The Morgan fingerprint density at radius 1 is 1.29 bits per heavy atom. The molecular weight excluding hydrogens is 395 g/mol. The minimum absolute atomic E-state index is 0.251. The third kappa shape index (κ3) is 4.93. The van der Waals surface area contributed by atoms with Gasteiger partial charge in [0.05, 0.1) is 11.6 Å². The largest absolute Gasteiger partial charge is 0.369 e. The predicted molar refractivity (Wildman–Crippen MR) is 119 cm³/mol. The number of nitrogens with zero attached hydrogens (tertiary/aromatic N) is 1. The number of amides is 2. The summed E-state index contributed by atoms with van der Waals surface area (Å²) in [6.07, 6.45) is 7.39. The fourth-order valence-electron chi connectivity index (χ4n) is 5.45. The Morgan fingerprint density at radius 2 is 2.03 bits per heavy atom. The van der Waals surface area contributed by atoms with Gasteiger partial charge in [-0.3, -0.25) is 14.9 Å². The van der Waals surface area contributed by atoms with Gasteiger partial charge < -0.3 is 16.0 Å². The molecule has 2 atom stereocenters. The molecule has 170 valence electrons. The van der Waals surface area contributed by atoms with E-state index < -0.39 is 5.92 Å². The third-order valence-corrected chi connectivity index (χ3v) is 7.61. The van der Waals surface area contributed by atoms with Crippen molar-refractivity contribution >= 4 is 17.5 Å². The number of halogens is 1. The van der Waals surface area contributed by atoms with Crippen LogP contribution in [0.25, 0.3) is 0 Å². The second-order valence-corrected chi connectivity index (χ2v) is 9.72.